The molecule has 0 saturated carbocycles. The quantitative estimate of drug-likeness (QED) is 0.878. The summed E-state index contributed by atoms with van der Waals surface area (Å²) in [5, 5.41) is 13.9. The number of aromatic nitrogens is 2. The molecule has 0 radical (unpaired) electrons. The Morgan fingerprint density at radius 3 is 2.64 bits per heavy atom. The molecule has 0 aromatic carbocycles. The lowest BCUT2D eigenvalue weighted by atomic mass is 9.99. The second-order valence-electron chi connectivity index (χ2n) is 5.11. The second-order valence-corrected chi connectivity index (χ2v) is 5.11. The molecule has 0 spiro atoms. The number of amides is 1. The fraction of sp³-hybridized carbons (Fsp3) is 0.400. The summed E-state index contributed by atoms with van der Waals surface area (Å²) in [6, 6.07) is 7.21. The van der Waals surface area contributed by atoms with Gasteiger partial charge in [0.1, 0.15) is 11.6 Å². The van der Waals surface area contributed by atoms with Gasteiger partial charge >= 0.3 is 0 Å². The Morgan fingerprint density at radius 2 is 1.95 bits per heavy atom. The van der Waals surface area contributed by atoms with Crippen molar-refractivity contribution in [2.24, 2.45) is 5.92 Å². The summed E-state index contributed by atoms with van der Waals surface area (Å²) in [5.41, 5.74) is 0. The molecule has 2 aromatic heterocycles. The van der Waals surface area contributed by atoms with E-state index in [1.54, 1.807) is 18.4 Å². The van der Waals surface area contributed by atoms with Crippen LogP contribution in [-0.4, -0.2) is 29.3 Å². The molecule has 2 aromatic rings. The predicted molar refractivity (Wildman–Crippen MR) is 80.2 cm³/mol. The van der Waals surface area contributed by atoms with Crippen molar-refractivity contribution in [1.29, 1.82) is 0 Å². The number of rotatable bonds is 5. The van der Waals surface area contributed by atoms with Crippen LogP contribution in [-0.2, 0) is 16.1 Å². The minimum Gasteiger partial charge on any atom is -0.467 e. The highest BCUT2D eigenvalue weighted by atomic mass is 16.5. The molecule has 0 bridgehead atoms. The molecule has 0 unspecified atom stereocenters. The summed E-state index contributed by atoms with van der Waals surface area (Å²) in [7, 11) is 0. The average molecular weight is 302 g/mol. The number of carbonyl (C=O) groups is 1. The van der Waals surface area contributed by atoms with Gasteiger partial charge in [-0.1, -0.05) is 0 Å². The van der Waals surface area contributed by atoms with Crippen LogP contribution < -0.4 is 10.6 Å². The van der Waals surface area contributed by atoms with Gasteiger partial charge < -0.3 is 19.8 Å². The van der Waals surface area contributed by atoms with Gasteiger partial charge in [0, 0.05) is 19.1 Å². The lowest BCUT2D eigenvalue weighted by Gasteiger charge is -2.20. The zero-order chi connectivity index (χ0) is 15.2. The molecule has 22 heavy (non-hydrogen) atoms. The number of ether oxygens (including phenoxy) is 1. The summed E-state index contributed by atoms with van der Waals surface area (Å²) in [6.07, 6.45) is 3.13. The van der Waals surface area contributed by atoms with Crippen molar-refractivity contribution < 1.29 is 13.9 Å². The molecule has 0 aliphatic carbocycles. The van der Waals surface area contributed by atoms with Crippen molar-refractivity contribution >= 4 is 17.5 Å². The van der Waals surface area contributed by atoms with Crippen molar-refractivity contribution in [3.63, 3.8) is 0 Å². The van der Waals surface area contributed by atoms with Crippen molar-refractivity contribution in [3.05, 3.63) is 36.3 Å². The van der Waals surface area contributed by atoms with Crippen LogP contribution >= 0.6 is 0 Å². The third kappa shape index (κ3) is 3.82. The molecular weight excluding hydrogens is 284 g/mol. The SMILES string of the molecule is O=C(Nc1ccc(NCc2ccco2)nn1)C1CCOCC1. The van der Waals surface area contributed by atoms with Crippen molar-refractivity contribution in [2.45, 2.75) is 19.4 Å². The van der Waals surface area contributed by atoms with Gasteiger partial charge in [0.05, 0.1) is 12.8 Å². The molecule has 116 valence electrons. The molecular formula is C15H18N4O3. The third-order valence-corrected chi connectivity index (χ3v) is 3.53. The maximum atomic E-state index is 12.1. The van der Waals surface area contributed by atoms with E-state index in [4.69, 9.17) is 9.15 Å². The zero-order valence-corrected chi connectivity index (χ0v) is 12.1. The lowest BCUT2D eigenvalue weighted by molar-refractivity contribution is -0.122. The van der Waals surface area contributed by atoms with Gasteiger partial charge in [-0.2, -0.15) is 0 Å². The predicted octanol–water partition coefficient (Wildman–Crippen LogP) is 2.05. The van der Waals surface area contributed by atoms with Gasteiger partial charge in [-0.3, -0.25) is 4.79 Å². The first kappa shape index (κ1) is 14.5. The van der Waals surface area contributed by atoms with E-state index in [2.05, 4.69) is 20.8 Å². The van der Waals surface area contributed by atoms with Gasteiger partial charge in [0.25, 0.3) is 0 Å². The molecule has 1 saturated heterocycles. The Hall–Kier alpha value is -2.41. The average Bonchev–Trinajstić information content (AvgIpc) is 3.08. The van der Waals surface area contributed by atoms with E-state index in [1.807, 2.05) is 12.1 Å². The minimum atomic E-state index is -0.0195. The zero-order valence-electron chi connectivity index (χ0n) is 12.1. The fourth-order valence-electron chi connectivity index (χ4n) is 2.27. The topological polar surface area (TPSA) is 89.3 Å². The molecule has 0 atom stereocenters. The normalized spacial score (nSPS) is 15.5. The molecule has 7 nitrogen and oxygen atoms in total. The monoisotopic (exact) mass is 302 g/mol. The first-order chi connectivity index (χ1) is 10.8. The van der Waals surface area contributed by atoms with E-state index >= 15 is 0 Å². The molecule has 1 aliphatic rings. The summed E-state index contributed by atoms with van der Waals surface area (Å²) in [4.78, 5) is 12.1. The Kier molecular flexibility index (Phi) is 4.65. The molecule has 1 amide bonds. The van der Waals surface area contributed by atoms with Crippen LogP contribution in [0.3, 0.4) is 0 Å². The highest BCUT2D eigenvalue weighted by Gasteiger charge is 2.21. The van der Waals surface area contributed by atoms with Gasteiger partial charge in [0.2, 0.25) is 5.91 Å². The van der Waals surface area contributed by atoms with Gasteiger partial charge in [-0.05, 0) is 37.1 Å². The van der Waals surface area contributed by atoms with E-state index < -0.39 is 0 Å². The van der Waals surface area contributed by atoms with E-state index in [0.717, 1.165) is 18.6 Å². The van der Waals surface area contributed by atoms with E-state index in [0.29, 0.717) is 31.4 Å². The Morgan fingerprint density at radius 1 is 1.18 bits per heavy atom. The number of hydrogen-bond donors (Lipinski definition) is 2. The molecule has 1 aliphatic heterocycles. The van der Waals surface area contributed by atoms with Gasteiger partial charge in [-0.25, -0.2) is 0 Å². The third-order valence-electron chi connectivity index (χ3n) is 3.53. The van der Waals surface area contributed by atoms with Crippen LogP contribution in [0.25, 0.3) is 0 Å². The highest BCUT2D eigenvalue weighted by Crippen LogP contribution is 2.17. The number of anilines is 2. The van der Waals surface area contributed by atoms with Crippen molar-refractivity contribution in [3.8, 4) is 0 Å². The van der Waals surface area contributed by atoms with E-state index in [-0.39, 0.29) is 11.8 Å². The number of hydrogen-bond acceptors (Lipinski definition) is 6. The van der Waals surface area contributed by atoms with Crippen LogP contribution in [0.4, 0.5) is 11.6 Å². The number of carbonyl (C=O) groups excluding carboxylic acids is 1. The molecule has 2 N–H and O–H groups in total. The van der Waals surface area contributed by atoms with Crippen LogP contribution in [0.15, 0.2) is 34.9 Å². The smallest absolute Gasteiger partial charge is 0.228 e. The first-order valence-corrected chi connectivity index (χ1v) is 7.30. The Labute approximate surface area is 128 Å². The standard InChI is InChI=1S/C15H18N4O3/c20-15(11-5-8-21-9-6-11)17-14-4-3-13(18-19-14)16-10-12-2-1-7-22-12/h1-4,7,11H,5-6,8-10H2,(H,16,18)(H,17,19,20). The maximum absolute atomic E-state index is 12.1. The number of nitrogens with zero attached hydrogens (tertiary/aromatic N) is 2. The van der Waals surface area contributed by atoms with E-state index in [1.165, 1.54) is 0 Å². The first-order valence-electron chi connectivity index (χ1n) is 7.30. The van der Waals surface area contributed by atoms with Gasteiger partial charge in [0.15, 0.2) is 5.82 Å². The molecule has 3 rings (SSSR count). The van der Waals surface area contributed by atoms with Crippen molar-refractivity contribution in [1.82, 2.24) is 10.2 Å². The largest absolute Gasteiger partial charge is 0.467 e. The minimum absolute atomic E-state index is 0.00713. The Bertz CT molecular complexity index is 592. The van der Waals surface area contributed by atoms with E-state index in [9.17, 15) is 4.79 Å². The van der Waals surface area contributed by atoms with Crippen LogP contribution in [0.1, 0.15) is 18.6 Å². The maximum Gasteiger partial charge on any atom is 0.228 e. The number of nitrogens with one attached hydrogen (secondary N) is 2. The molecule has 7 heteroatoms. The summed E-state index contributed by atoms with van der Waals surface area (Å²) in [5.74, 6) is 1.88. The summed E-state index contributed by atoms with van der Waals surface area (Å²) < 4.78 is 10.5. The number of furan rings is 1. The second kappa shape index (κ2) is 7.04. The lowest BCUT2D eigenvalue weighted by Crippen LogP contribution is -2.28. The van der Waals surface area contributed by atoms with Crippen LogP contribution in [0.5, 0.6) is 0 Å². The molecule has 1 fully saturated rings. The summed E-state index contributed by atoms with van der Waals surface area (Å²) in [6.45, 7) is 1.81. The Balaban J connectivity index is 1.51. The highest BCUT2D eigenvalue weighted by molar-refractivity contribution is 5.91. The molecule has 3 heterocycles. The summed E-state index contributed by atoms with van der Waals surface area (Å²) >= 11 is 0. The van der Waals surface area contributed by atoms with Crippen LogP contribution in [0.2, 0.25) is 0 Å². The van der Waals surface area contributed by atoms with Crippen LogP contribution in [0, 0.1) is 5.92 Å². The van der Waals surface area contributed by atoms with Crippen molar-refractivity contribution in [2.75, 3.05) is 23.8 Å². The van der Waals surface area contributed by atoms with Gasteiger partial charge in [-0.15, -0.1) is 10.2 Å². The fourth-order valence-corrected chi connectivity index (χ4v) is 2.27.